The summed E-state index contributed by atoms with van der Waals surface area (Å²) in [5.41, 5.74) is 4.36. The van der Waals surface area contributed by atoms with Gasteiger partial charge in [0.25, 0.3) is 11.8 Å². The van der Waals surface area contributed by atoms with Crippen molar-refractivity contribution in [1.29, 1.82) is 0 Å². The predicted molar refractivity (Wildman–Crippen MR) is 120 cm³/mol. The molecule has 0 spiro atoms. The molecule has 2 heterocycles. The van der Waals surface area contributed by atoms with Gasteiger partial charge in [-0.05, 0) is 89.3 Å². The van der Waals surface area contributed by atoms with Gasteiger partial charge in [0.1, 0.15) is 5.57 Å². The summed E-state index contributed by atoms with van der Waals surface area (Å²) in [5.74, 6) is -0.964. The zero-order valence-electron chi connectivity index (χ0n) is 15.3. The standard InChI is InChI=1S/C20H15IN4O4S/c21-13-3-5-15(6-4-13)25-20(27)18(19(26)23-25)12-16-2-1-11-24(16)14-7-9-17(10-8-14)30(22,28)29/h1-12H,(H,23,26)(H2,22,28,29). The van der Waals surface area contributed by atoms with Crippen LogP contribution in [0.25, 0.3) is 11.8 Å². The largest absolute Gasteiger partial charge is 0.317 e. The number of amides is 2. The average Bonchev–Trinajstić information content (AvgIpc) is 3.28. The fraction of sp³-hybridized carbons (Fsp3) is 0. The molecule has 1 aromatic heterocycles. The number of carbonyl (C=O) groups is 2. The first-order valence-electron chi connectivity index (χ1n) is 8.67. The third-order valence-corrected chi connectivity index (χ3v) is 6.14. The monoisotopic (exact) mass is 534 g/mol. The van der Waals surface area contributed by atoms with Crippen molar-refractivity contribution >= 4 is 56.2 Å². The van der Waals surface area contributed by atoms with E-state index in [9.17, 15) is 18.0 Å². The number of carbonyl (C=O) groups excluding carboxylic acids is 2. The number of halogens is 1. The van der Waals surface area contributed by atoms with E-state index in [0.717, 1.165) is 3.57 Å². The van der Waals surface area contributed by atoms with E-state index in [1.165, 1.54) is 23.2 Å². The molecule has 0 bridgehead atoms. The van der Waals surface area contributed by atoms with Crippen molar-refractivity contribution in [3.05, 3.63) is 81.7 Å². The SMILES string of the molecule is NS(=O)(=O)c1ccc(-n2cccc2C=C2C(=O)NN(c3ccc(I)cc3)C2=O)cc1. The Balaban J connectivity index is 1.66. The first-order valence-corrected chi connectivity index (χ1v) is 11.3. The van der Waals surface area contributed by atoms with E-state index in [0.29, 0.717) is 17.1 Å². The lowest BCUT2D eigenvalue weighted by molar-refractivity contribution is -0.117. The molecule has 0 unspecified atom stereocenters. The zero-order chi connectivity index (χ0) is 21.5. The molecule has 3 aromatic rings. The summed E-state index contributed by atoms with van der Waals surface area (Å²) in [6, 6.07) is 16.7. The molecule has 4 rings (SSSR count). The molecule has 0 saturated carbocycles. The van der Waals surface area contributed by atoms with Gasteiger partial charge in [-0.15, -0.1) is 0 Å². The summed E-state index contributed by atoms with van der Waals surface area (Å²) in [6.07, 6.45) is 3.24. The molecule has 0 radical (unpaired) electrons. The molecule has 8 nitrogen and oxygen atoms in total. The fourth-order valence-corrected chi connectivity index (χ4v) is 3.90. The van der Waals surface area contributed by atoms with E-state index in [1.807, 2.05) is 12.1 Å². The minimum Gasteiger partial charge on any atom is -0.317 e. The van der Waals surface area contributed by atoms with E-state index in [4.69, 9.17) is 5.14 Å². The molecule has 0 atom stereocenters. The third-order valence-electron chi connectivity index (χ3n) is 4.49. The Morgan fingerprint density at radius 1 is 0.933 bits per heavy atom. The van der Waals surface area contributed by atoms with E-state index in [-0.39, 0.29) is 10.5 Å². The molecule has 2 aromatic carbocycles. The fourth-order valence-electron chi connectivity index (χ4n) is 3.02. The van der Waals surface area contributed by atoms with Crippen molar-refractivity contribution in [2.75, 3.05) is 5.01 Å². The highest BCUT2D eigenvalue weighted by atomic mass is 127. The van der Waals surface area contributed by atoms with Gasteiger partial charge >= 0.3 is 0 Å². The van der Waals surface area contributed by atoms with Crippen molar-refractivity contribution in [2.45, 2.75) is 4.90 Å². The Morgan fingerprint density at radius 2 is 1.57 bits per heavy atom. The molecular weight excluding hydrogens is 519 g/mol. The lowest BCUT2D eigenvalue weighted by Gasteiger charge is -2.14. The quantitative estimate of drug-likeness (QED) is 0.304. The number of nitrogens with one attached hydrogen (secondary N) is 1. The minimum atomic E-state index is -3.79. The van der Waals surface area contributed by atoms with Gasteiger partial charge in [-0.3, -0.25) is 15.0 Å². The van der Waals surface area contributed by atoms with Gasteiger partial charge in [-0.2, -0.15) is 0 Å². The van der Waals surface area contributed by atoms with Crippen molar-refractivity contribution in [3.63, 3.8) is 0 Å². The third kappa shape index (κ3) is 3.88. The van der Waals surface area contributed by atoms with Gasteiger partial charge < -0.3 is 4.57 Å². The average molecular weight is 534 g/mol. The topological polar surface area (TPSA) is 114 Å². The number of hydrazine groups is 1. The normalized spacial score (nSPS) is 15.7. The van der Waals surface area contributed by atoms with Crippen LogP contribution in [0.1, 0.15) is 5.69 Å². The Bertz CT molecular complexity index is 1280. The molecule has 30 heavy (non-hydrogen) atoms. The van der Waals surface area contributed by atoms with Crippen LogP contribution in [0.3, 0.4) is 0 Å². The van der Waals surface area contributed by atoms with E-state index in [2.05, 4.69) is 28.0 Å². The molecule has 0 aliphatic carbocycles. The minimum absolute atomic E-state index is 0.00294. The second-order valence-electron chi connectivity index (χ2n) is 6.46. The van der Waals surface area contributed by atoms with Crippen LogP contribution in [0.5, 0.6) is 0 Å². The highest BCUT2D eigenvalue weighted by molar-refractivity contribution is 14.1. The summed E-state index contributed by atoms with van der Waals surface area (Å²) >= 11 is 2.16. The Kier molecular flexibility index (Phi) is 5.22. The molecule has 1 fully saturated rings. The molecule has 1 aliphatic heterocycles. The molecular formula is C20H15IN4O4S. The summed E-state index contributed by atoms with van der Waals surface area (Å²) < 4.78 is 25.6. The Labute approximate surface area is 186 Å². The first-order chi connectivity index (χ1) is 14.2. The van der Waals surface area contributed by atoms with Crippen LogP contribution in [-0.2, 0) is 19.6 Å². The van der Waals surface area contributed by atoms with E-state index >= 15 is 0 Å². The number of nitrogens with zero attached hydrogens (tertiary/aromatic N) is 2. The van der Waals surface area contributed by atoms with Gasteiger partial charge in [-0.1, -0.05) is 0 Å². The van der Waals surface area contributed by atoms with Crippen LogP contribution in [0.15, 0.2) is 77.3 Å². The van der Waals surface area contributed by atoms with Crippen LogP contribution in [0.2, 0.25) is 0 Å². The molecule has 1 aliphatic rings. The van der Waals surface area contributed by atoms with Crippen molar-refractivity contribution in [3.8, 4) is 5.69 Å². The lowest BCUT2D eigenvalue weighted by Crippen LogP contribution is -2.35. The van der Waals surface area contributed by atoms with E-state index in [1.54, 1.807) is 47.2 Å². The van der Waals surface area contributed by atoms with Crippen LogP contribution >= 0.6 is 22.6 Å². The Hall–Kier alpha value is -2.96. The summed E-state index contributed by atoms with van der Waals surface area (Å²) in [6.45, 7) is 0. The summed E-state index contributed by atoms with van der Waals surface area (Å²) in [7, 11) is -3.79. The predicted octanol–water partition coefficient (Wildman–Crippen LogP) is 2.19. The second kappa shape index (κ2) is 7.70. The molecule has 2 amide bonds. The Morgan fingerprint density at radius 3 is 2.20 bits per heavy atom. The number of hydrogen-bond donors (Lipinski definition) is 2. The van der Waals surface area contributed by atoms with Crippen molar-refractivity contribution < 1.29 is 18.0 Å². The van der Waals surface area contributed by atoms with Crippen LogP contribution in [0.4, 0.5) is 5.69 Å². The van der Waals surface area contributed by atoms with Crippen LogP contribution < -0.4 is 15.6 Å². The van der Waals surface area contributed by atoms with Gasteiger partial charge in [-0.25, -0.2) is 18.6 Å². The lowest BCUT2D eigenvalue weighted by atomic mass is 10.2. The summed E-state index contributed by atoms with van der Waals surface area (Å²) in [4.78, 5) is 25.2. The highest BCUT2D eigenvalue weighted by Gasteiger charge is 2.34. The molecule has 3 N–H and O–H groups in total. The number of aromatic nitrogens is 1. The number of primary sulfonamides is 1. The number of hydrogen-bond acceptors (Lipinski definition) is 4. The molecule has 1 saturated heterocycles. The van der Waals surface area contributed by atoms with Crippen molar-refractivity contribution in [2.24, 2.45) is 5.14 Å². The number of sulfonamides is 1. The molecule has 10 heteroatoms. The number of anilines is 1. The number of nitrogens with two attached hydrogens (primary N) is 1. The van der Waals surface area contributed by atoms with Gasteiger partial charge in [0.15, 0.2) is 0 Å². The maximum absolute atomic E-state index is 12.8. The molecule has 152 valence electrons. The maximum atomic E-state index is 12.8. The first kappa shape index (κ1) is 20.3. The van der Waals surface area contributed by atoms with Gasteiger partial charge in [0, 0.05) is 21.1 Å². The van der Waals surface area contributed by atoms with Crippen LogP contribution in [-0.4, -0.2) is 24.8 Å². The highest BCUT2D eigenvalue weighted by Crippen LogP contribution is 2.24. The number of benzene rings is 2. The van der Waals surface area contributed by atoms with Crippen LogP contribution in [0, 0.1) is 3.57 Å². The number of rotatable bonds is 4. The van der Waals surface area contributed by atoms with Gasteiger partial charge in [0.2, 0.25) is 10.0 Å². The zero-order valence-corrected chi connectivity index (χ0v) is 18.3. The van der Waals surface area contributed by atoms with Gasteiger partial charge in [0.05, 0.1) is 10.6 Å². The summed E-state index contributed by atoms with van der Waals surface area (Å²) in [5, 5.41) is 6.34. The van der Waals surface area contributed by atoms with Crippen molar-refractivity contribution in [1.82, 2.24) is 9.99 Å². The second-order valence-corrected chi connectivity index (χ2v) is 9.26. The van der Waals surface area contributed by atoms with E-state index < -0.39 is 21.8 Å². The smallest absolute Gasteiger partial charge is 0.282 e. The maximum Gasteiger partial charge on any atom is 0.282 e.